The van der Waals surface area contributed by atoms with E-state index < -0.39 is 83.2 Å². The van der Waals surface area contributed by atoms with Gasteiger partial charge in [0.15, 0.2) is 0 Å². The van der Waals surface area contributed by atoms with Gasteiger partial charge >= 0.3 is 5.97 Å². The van der Waals surface area contributed by atoms with Crippen molar-refractivity contribution in [3.63, 3.8) is 0 Å². The number of nitrogens with one attached hydrogen (secondary N) is 6. The normalized spacial score (nSPS) is 23.6. The molecule has 1 aliphatic heterocycles. The largest absolute Gasteiger partial charge is 0.467 e. The van der Waals surface area contributed by atoms with Gasteiger partial charge in [0.2, 0.25) is 35.4 Å². The number of methoxy groups -OCH3 is 1. The SMILES string of the molecule is COC(=O)C1CCOCCCCOCC[C@H](NC(=O)[C@H](CC(C)C)NC(=O)[C@@H](N)CC(C)C)C(=O)NC(C)(C)C(=O)N[C@@H](CC(C)C)C(=O)NC(CC(C)C)C(=O)N1. The zero-order valence-electron chi connectivity index (χ0n) is 36.9. The number of ether oxygens (including phenoxy) is 3. The summed E-state index contributed by atoms with van der Waals surface area (Å²) in [5.41, 5.74) is 4.53. The fraction of sp³-hybridized carbons (Fsp3) is 0.829. The van der Waals surface area contributed by atoms with Crippen molar-refractivity contribution >= 4 is 41.4 Å². The van der Waals surface area contributed by atoms with E-state index in [4.69, 9.17) is 19.9 Å². The van der Waals surface area contributed by atoms with Gasteiger partial charge in [0.25, 0.3) is 0 Å². The van der Waals surface area contributed by atoms with Crippen LogP contribution in [-0.2, 0) is 47.8 Å². The summed E-state index contributed by atoms with van der Waals surface area (Å²) in [5.74, 6) is -4.17. The molecule has 0 aliphatic carbocycles. The minimum absolute atomic E-state index is 0.0123. The molecule has 1 aliphatic rings. The first kappa shape index (κ1) is 52.2. The van der Waals surface area contributed by atoms with Gasteiger partial charge in [-0.05, 0) is 82.5 Å². The number of amides is 6. The molecule has 1 saturated heterocycles. The van der Waals surface area contributed by atoms with Gasteiger partial charge in [0, 0.05) is 32.8 Å². The maximum atomic E-state index is 13.9. The molecule has 334 valence electrons. The van der Waals surface area contributed by atoms with Crippen LogP contribution in [0, 0.1) is 23.7 Å². The van der Waals surface area contributed by atoms with Crippen LogP contribution in [-0.4, -0.2) is 117 Å². The van der Waals surface area contributed by atoms with Crippen molar-refractivity contribution in [1.29, 1.82) is 0 Å². The highest BCUT2D eigenvalue weighted by Gasteiger charge is 2.37. The van der Waals surface area contributed by atoms with Crippen LogP contribution in [0.15, 0.2) is 0 Å². The van der Waals surface area contributed by atoms with Gasteiger partial charge < -0.3 is 51.8 Å². The first-order valence-electron chi connectivity index (χ1n) is 20.9. The number of rotatable bonds is 13. The molecule has 58 heavy (non-hydrogen) atoms. The maximum absolute atomic E-state index is 13.9. The average molecular weight is 826 g/mol. The highest BCUT2D eigenvalue weighted by molar-refractivity contribution is 5.98. The fourth-order valence-corrected chi connectivity index (χ4v) is 6.28. The van der Waals surface area contributed by atoms with Crippen LogP contribution in [0.25, 0.3) is 0 Å². The molecule has 6 amide bonds. The molecular formula is C41H75N7O10. The van der Waals surface area contributed by atoms with Crippen LogP contribution in [0.3, 0.4) is 0 Å². The van der Waals surface area contributed by atoms with Gasteiger partial charge in [0.1, 0.15) is 35.7 Å². The van der Waals surface area contributed by atoms with E-state index in [1.54, 1.807) is 0 Å². The summed E-state index contributed by atoms with van der Waals surface area (Å²) >= 11 is 0. The summed E-state index contributed by atoms with van der Waals surface area (Å²) < 4.78 is 16.5. The van der Waals surface area contributed by atoms with Gasteiger partial charge in [-0.1, -0.05) is 55.4 Å². The zero-order valence-corrected chi connectivity index (χ0v) is 36.9. The van der Waals surface area contributed by atoms with Crippen LogP contribution in [0.4, 0.5) is 0 Å². The summed E-state index contributed by atoms with van der Waals surface area (Å²) in [6.45, 7) is 19.1. The Labute approximate surface area is 345 Å². The van der Waals surface area contributed by atoms with Crippen molar-refractivity contribution in [2.75, 3.05) is 33.5 Å². The Balaban J connectivity index is 3.47. The lowest BCUT2D eigenvalue weighted by molar-refractivity contribution is -0.146. The number of nitrogens with two attached hydrogens (primary N) is 1. The lowest BCUT2D eigenvalue weighted by Crippen LogP contribution is -2.63. The van der Waals surface area contributed by atoms with E-state index in [-0.39, 0.29) is 69.0 Å². The van der Waals surface area contributed by atoms with E-state index in [0.29, 0.717) is 32.5 Å². The van der Waals surface area contributed by atoms with Crippen LogP contribution in [0.5, 0.6) is 0 Å². The summed E-state index contributed by atoms with van der Waals surface area (Å²) in [4.78, 5) is 94.6. The molecule has 8 N–H and O–H groups in total. The van der Waals surface area contributed by atoms with E-state index >= 15 is 0 Å². The van der Waals surface area contributed by atoms with Crippen LogP contribution >= 0.6 is 0 Å². The molecule has 0 aromatic carbocycles. The number of hydrogen-bond donors (Lipinski definition) is 7. The molecular weight excluding hydrogens is 750 g/mol. The Morgan fingerprint density at radius 2 is 1.24 bits per heavy atom. The molecule has 1 rings (SSSR count). The molecule has 17 nitrogen and oxygen atoms in total. The standard InChI is InChI=1S/C41H75N7O10/c1-24(2)20-28(42)34(49)45-31(21-25(3)4)35(50)43-29-14-18-57-16-12-13-17-58-19-15-30(39(54)56-11)44-36(51)32(22-26(5)6)46-37(52)33(23-27(7)8)47-40(55)41(9,10)48-38(29)53/h24-33H,12-23,42H2,1-11H3,(H,43,50)(H,44,51)(H,45,49)(H,46,52)(H,47,55)(H,48,53)/t28-,29-,30?,31-,32?,33-/m0/s1. The number of esters is 1. The fourth-order valence-electron chi connectivity index (χ4n) is 6.28. The summed E-state index contributed by atoms with van der Waals surface area (Å²) in [6.07, 6.45) is 2.58. The number of hydrogen-bond acceptors (Lipinski definition) is 11. The molecule has 1 heterocycles. The molecule has 0 bridgehead atoms. The Morgan fingerprint density at radius 3 is 1.76 bits per heavy atom. The Kier molecular flexibility index (Phi) is 23.7. The smallest absolute Gasteiger partial charge is 0.328 e. The van der Waals surface area contributed by atoms with Gasteiger partial charge in [-0.3, -0.25) is 28.8 Å². The second-order valence-electron chi connectivity index (χ2n) is 17.5. The highest BCUT2D eigenvalue weighted by Crippen LogP contribution is 2.14. The number of carbonyl (C=O) groups excluding carboxylic acids is 7. The maximum Gasteiger partial charge on any atom is 0.328 e. The molecule has 2 unspecified atom stereocenters. The van der Waals surface area contributed by atoms with Crippen LogP contribution in [0.2, 0.25) is 0 Å². The van der Waals surface area contributed by atoms with E-state index in [0.717, 1.165) is 0 Å². The van der Waals surface area contributed by atoms with Gasteiger partial charge in [-0.2, -0.15) is 0 Å². The third-order valence-electron chi connectivity index (χ3n) is 9.44. The molecule has 0 saturated carbocycles. The zero-order chi connectivity index (χ0) is 44.2. The summed E-state index contributed by atoms with van der Waals surface area (Å²) in [6, 6.07) is -6.10. The number of carbonyl (C=O) groups is 7. The van der Waals surface area contributed by atoms with Crippen molar-refractivity contribution in [1.82, 2.24) is 31.9 Å². The highest BCUT2D eigenvalue weighted by atomic mass is 16.5. The molecule has 17 heteroatoms. The van der Waals surface area contributed by atoms with Crippen molar-refractivity contribution < 1.29 is 47.8 Å². The lowest BCUT2D eigenvalue weighted by atomic mass is 9.97. The Bertz CT molecular complexity index is 1340. The predicted molar refractivity (Wildman–Crippen MR) is 220 cm³/mol. The average Bonchev–Trinajstić information content (AvgIpc) is 3.11. The molecule has 0 radical (unpaired) electrons. The van der Waals surface area contributed by atoms with Crippen molar-refractivity contribution in [3.8, 4) is 0 Å². The van der Waals surface area contributed by atoms with Gasteiger partial charge in [0.05, 0.1) is 13.2 Å². The summed E-state index contributed by atoms with van der Waals surface area (Å²) in [7, 11) is 1.22. The van der Waals surface area contributed by atoms with Crippen LogP contribution < -0.4 is 37.6 Å². The predicted octanol–water partition coefficient (Wildman–Crippen LogP) is 1.60. The minimum Gasteiger partial charge on any atom is -0.467 e. The van der Waals surface area contributed by atoms with Gasteiger partial charge in [-0.25, -0.2) is 4.79 Å². The second kappa shape index (κ2) is 26.3. The monoisotopic (exact) mass is 826 g/mol. The topological polar surface area (TPSA) is 245 Å². The van der Waals surface area contributed by atoms with Crippen LogP contribution in [0.1, 0.15) is 121 Å². The van der Waals surface area contributed by atoms with E-state index in [1.165, 1.54) is 21.0 Å². The molecule has 6 atom stereocenters. The third-order valence-corrected chi connectivity index (χ3v) is 9.44. The second-order valence-corrected chi connectivity index (χ2v) is 17.5. The quantitative estimate of drug-likeness (QED) is 0.132. The van der Waals surface area contributed by atoms with E-state index in [9.17, 15) is 33.6 Å². The Hall–Kier alpha value is -3.83. The Morgan fingerprint density at radius 1 is 0.724 bits per heavy atom. The molecule has 0 aromatic heterocycles. The minimum atomic E-state index is -1.58. The lowest BCUT2D eigenvalue weighted by Gasteiger charge is -2.31. The van der Waals surface area contributed by atoms with Crippen molar-refractivity contribution in [2.24, 2.45) is 29.4 Å². The first-order chi connectivity index (χ1) is 27.1. The third kappa shape index (κ3) is 20.2. The van der Waals surface area contributed by atoms with Crippen molar-refractivity contribution in [3.05, 3.63) is 0 Å². The van der Waals surface area contributed by atoms with Gasteiger partial charge in [-0.15, -0.1) is 0 Å². The van der Waals surface area contributed by atoms with E-state index in [1.807, 2.05) is 55.4 Å². The van der Waals surface area contributed by atoms with Crippen molar-refractivity contribution in [2.45, 2.75) is 162 Å². The molecule has 0 spiro atoms. The molecule has 1 fully saturated rings. The summed E-state index contributed by atoms with van der Waals surface area (Å²) in [5, 5.41) is 16.5. The first-order valence-corrected chi connectivity index (χ1v) is 20.9. The van der Waals surface area contributed by atoms with E-state index in [2.05, 4.69) is 31.9 Å². The molecule has 0 aromatic rings.